The van der Waals surface area contributed by atoms with Crippen molar-refractivity contribution in [1.29, 1.82) is 0 Å². The molecule has 0 aromatic carbocycles. The SMILES string of the molecule is CC(=O)OC1CNCCC12CCNCC2. The highest BCUT2D eigenvalue weighted by Gasteiger charge is 2.43. The van der Waals surface area contributed by atoms with Crippen LogP contribution in [0.3, 0.4) is 0 Å². The third-order valence-corrected chi connectivity index (χ3v) is 3.72. The Morgan fingerprint density at radius 3 is 2.40 bits per heavy atom. The number of hydrogen-bond acceptors (Lipinski definition) is 4. The van der Waals surface area contributed by atoms with Gasteiger partial charge >= 0.3 is 5.97 Å². The third kappa shape index (κ3) is 2.32. The molecule has 0 bridgehead atoms. The summed E-state index contributed by atoms with van der Waals surface area (Å²) in [7, 11) is 0. The predicted octanol–water partition coefficient (Wildman–Crippen LogP) is 0.281. The van der Waals surface area contributed by atoms with E-state index in [0.29, 0.717) is 0 Å². The highest BCUT2D eigenvalue weighted by molar-refractivity contribution is 5.66. The molecule has 2 aliphatic rings. The van der Waals surface area contributed by atoms with Crippen molar-refractivity contribution in [1.82, 2.24) is 10.6 Å². The summed E-state index contributed by atoms with van der Waals surface area (Å²) in [5, 5.41) is 6.68. The highest BCUT2D eigenvalue weighted by Crippen LogP contribution is 2.39. The average Bonchev–Trinajstić information content (AvgIpc) is 2.23. The summed E-state index contributed by atoms with van der Waals surface area (Å²) in [5.74, 6) is -0.151. The number of esters is 1. The summed E-state index contributed by atoms with van der Waals surface area (Å²) >= 11 is 0. The van der Waals surface area contributed by atoms with E-state index in [0.717, 1.165) is 45.4 Å². The second-order valence-corrected chi connectivity index (χ2v) is 4.66. The lowest BCUT2D eigenvalue weighted by Gasteiger charge is -2.46. The van der Waals surface area contributed by atoms with Gasteiger partial charge in [-0.05, 0) is 38.9 Å². The molecule has 86 valence electrons. The predicted molar refractivity (Wildman–Crippen MR) is 57.6 cm³/mol. The zero-order valence-corrected chi connectivity index (χ0v) is 9.34. The molecule has 1 unspecified atom stereocenters. The Morgan fingerprint density at radius 1 is 1.20 bits per heavy atom. The molecule has 2 fully saturated rings. The van der Waals surface area contributed by atoms with Crippen LogP contribution in [0.1, 0.15) is 26.2 Å². The molecule has 2 saturated heterocycles. The van der Waals surface area contributed by atoms with Crippen molar-refractivity contribution in [2.24, 2.45) is 5.41 Å². The van der Waals surface area contributed by atoms with E-state index in [9.17, 15) is 4.79 Å². The Balaban J connectivity index is 2.06. The molecule has 4 nitrogen and oxygen atoms in total. The van der Waals surface area contributed by atoms with Gasteiger partial charge in [-0.2, -0.15) is 0 Å². The van der Waals surface area contributed by atoms with Crippen LogP contribution in [0.15, 0.2) is 0 Å². The second-order valence-electron chi connectivity index (χ2n) is 4.66. The quantitative estimate of drug-likeness (QED) is 0.613. The zero-order valence-electron chi connectivity index (χ0n) is 9.34. The smallest absolute Gasteiger partial charge is 0.302 e. The van der Waals surface area contributed by atoms with E-state index in [2.05, 4.69) is 10.6 Å². The first-order chi connectivity index (χ1) is 7.23. The van der Waals surface area contributed by atoms with Gasteiger partial charge in [0, 0.05) is 18.9 Å². The molecule has 0 aromatic heterocycles. The summed E-state index contributed by atoms with van der Waals surface area (Å²) in [4.78, 5) is 11.1. The first-order valence-corrected chi connectivity index (χ1v) is 5.82. The van der Waals surface area contributed by atoms with E-state index in [4.69, 9.17) is 4.74 Å². The van der Waals surface area contributed by atoms with E-state index in [1.165, 1.54) is 6.92 Å². The Hall–Kier alpha value is -0.610. The molecule has 0 saturated carbocycles. The number of carbonyl (C=O) groups is 1. The van der Waals surface area contributed by atoms with Crippen molar-refractivity contribution in [3.05, 3.63) is 0 Å². The fourth-order valence-corrected chi connectivity index (χ4v) is 2.81. The van der Waals surface area contributed by atoms with Gasteiger partial charge in [0.15, 0.2) is 0 Å². The van der Waals surface area contributed by atoms with Gasteiger partial charge < -0.3 is 15.4 Å². The molecule has 0 aromatic rings. The zero-order chi connectivity index (χ0) is 10.7. The molecule has 2 heterocycles. The largest absolute Gasteiger partial charge is 0.461 e. The molecule has 2 N–H and O–H groups in total. The van der Waals surface area contributed by atoms with Crippen LogP contribution in [0.2, 0.25) is 0 Å². The maximum atomic E-state index is 11.1. The van der Waals surface area contributed by atoms with Gasteiger partial charge in [0.2, 0.25) is 0 Å². The van der Waals surface area contributed by atoms with Gasteiger partial charge in [-0.15, -0.1) is 0 Å². The lowest BCUT2D eigenvalue weighted by atomic mass is 9.70. The number of carbonyl (C=O) groups excluding carboxylic acids is 1. The lowest BCUT2D eigenvalue weighted by molar-refractivity contribution is -0.157. The summed E-state index contributed by atoms with van der Waals surface area (Å²) in [6, 6.07) is 0. The summed E-state index contributed by atoms with van der Waals surface area (Å²) < 4.78 is 5.46. The van der Waals surface area contributed by atoms with Crippen molar-refractivity contribution < 1.29 is 9.53 Å². The Bertz CT molecular complexity index is 228. The fraction of sp³-hybridized carbons (Fsp3) is 0.909. The molecule has 0 amide bonds. The van der Waals surface area contributed by atoms with E-state index in [1.807, 2.05) is 0 Å². The van der Waals surface area contributed by atoms with E-state index in [1.54, 1.807) is 0 Å². The van der Waals surface area contributed by atoms with Crippen LogP contribution in [-0.4, -0.2) is 38.3 Å². The molecule has 2 aliphatic heterocycles. The molecular formula is C11H20N2O2. The van der Waals surface area contributed by atoms with Gasteiger partial charge in [-0.3, -0.25) is 4.79 Å². The van der Waals surface area contributed by atoms with E-state index < -0.39 is 0 Å². The Labute approximate surface area is 90.8 Å². The van der Waals surface area contributed by atoms with Crippen LogP contribution in [0.25, 0.3) is 0 Å². The van der Waals surface area contributed by atoms with Gasteiger partial charge in [-0.25, -0.2) is 0 Å². The minimum absolute atomic E-state index is 0.0749. The van der Waals surface area contributed by atoms with E-state index in [-0.39, 0.29) is 17.5 Å². The first kappa shape index (κ1) is 10.9. The van der Waals surface area contributed by atoms with Crippen molar-refractivity contribution in [2.75, 3.05) is 26.2 Å². The summed E-state index contributed by atoms with van der Waals surface area (Å²) in [6.45, 7) is 5.48. The highest BCUT2D eigenvalue weighted by atomic mass is 16.5. The van der Waals surface area contributed by atoms with Crippen molar-refractivity contribution in [2.45, 2.75) is 32.3 Å². The van der Waals surface area contributed by atoms with Crippen LogP contribution < -0.4 is 10.6 Å². The maximum absolute atomic E-state index is 11.1. The molecule has 1 spiro atoms. The van der Waals surface area contributed by atoms with Crippen LogP contribution >= 0.6 is 0 Å². The Kier molecular flexibility index (Phi) is 3.26. The normalized spacial score (nSPS) is 30.1. The minimum Gasteiger partial charge on any atom is -0.461 e. The number of ether oxygens (including phenoxy) is 1. The van der Waals surface area contributed by atoms with Crippen LogP contribution in [0.5, 0.6) is 0 Å². The van der Waals surface area contributed by atoms with Crippen molar-refractivity contribution in [3.63, 3.8) is 0 Å². The van der Waals surface area contributed by atoms with Gasteiger partial charge in [0.25, 0.3) is 0 Å². The van der Waals surface area contributed by atoms with Gasteiger partial charge in [0.05, 0.1) is 0 Å². The first-order valence-electron chi connectivity index (χ1n) is 5.82. The fourth-order valence-electron chi connectivity index (χ4n) is 2.81. The molecule has 4 heteroatoms. The summed E-state index contributed by atoms with van der Waals surface area (Å²) in [5.41, 5.74) is 0.238. The minimum atomic E-state index is -0.151. The van der Waals surface area contributed by atoms with Crippen LogP contribution in [0, 0.1) is 5.41 Å². The second kappa shape index (κ2) is 4.49. The topological polar surface area (TPSA) is 50.4 Å². The summed E-state index contributed by atoms with van der Waals surface area (Å²) in [6.07, 6.45) is 3.47. The number of hydrogen-bond donors (Lipinski definition) is 2. The van der Waals surface area contributed by atoms with Gasteiger partial charge in [-0.1, -0.05) is 0 Å². The van der Waals surface area contributed by atoms with Crippen LogP contribution in [-0.2, 0) is 9.53 Å². The molecule has 2 rings (SSSR count). The third-order valence-electron chi connectivity index (χ3n) is 3.72. The van der Waals surface area contributed by atoms with Crippen LogP contribution in [0.4, 0.5) is 0 Å². The number of piperidine rings is 2. The molecule has 15 heavy (non-hydrogen) atoms. The standard InChI is InChI=1S/C11H20N2O2/c1-9(14)15-10-8-13-7-4-11(10)2-5-12-6-3-11/h10,12-13H,2-8H2,1H3. The number of nitrogens with one attached hydrogen (secondary N) is 2. The van der Waals surface area contributed by atoms with Crippen molar-refractivity contribution in [3.8, 4) is 0 Å². The maximum Gasteiger partial charge on any atom is 0.302 e. The molecule has 1 atom stereocenters. The lowest BCUT2D eigenvalue weighted by Crippen LogP contribution is -2.54. The average molecular weight is 212 g/mol. The van der Waals surface area contributed by atoms with Gasteiger partial charge in [0.1, 0.15) is 6.10 Å². The monoisotopic (exact) mass is 212 g/mol. The molecule has 0 aliphatic carbocycles. The Morgan fingerprint density at radius 2 is 1.80 bits per heavy atom. The van der Waals surface area contributed by atoms with E-state index >= 15 is 0 Å². The molecule has 0 radical (unpaired) electrons. The number of rotatable bonds is 1. The molecular weight excluding hydrogens is 192 g/mol. The van der Waals surface area contributed by atoms with Crippen molar-refractivity contribution >= 4 is 5.97 Å².